The summed E-state index contributed by atoms with van der Waals surface area (Å²) in [6.45, 7) is 1.98. The van der Waals surface area contributed by atoms with E-state index in [1.54, 1.807) is 24.5 Å². The molecule has 0 saturated heterocycles. The van der Waals surface area contributed by atoms with Gasteiger partial charge in [-0.2, -0.15) is 0 Å². The lowest BCUT2D eigenvalue weighted by molar-refractivity contribution is 0.497. The Hall–Kier alpha value is -1.65. The van der Waals surface area contributed by atoms with Gasteiger partial charge in [0.15, 0.2) is 0 Å². The fourth-order valence-electron chi connectivity index (χ4n) is 1.95. The Morgan fingerprint density at radius 3 is 2.71 bits per heavy atom. The van der Waals surface area contributed by atoms with Crippen LogP contribution in [0.4, 0.5) is 4.39 Å². The molecule has 0 aliphatic heterocycles. The molecule has 2 rings (SSSR count). The monoisotopic (exact) mass is 234 g/mol. The Morgan fingerprint density at radius 2 is 2.06 bits per heavy atom. The number of nitrogens with two attached hydrogens (primary N) is 1. The van der Waals surface area contributed by atoms with Gasteiger partial charge in [0.25, 0.3) is 0 Å². The zero-order valence-corrected chi connectivity index (χ0v) is 9.61. The lowest BCUT2D eigenvalue weighted by Gasteiger charge is -2.16. The first kappa shape index (κ1) is 11.8. The van der Waals surface area contributed by atoms with Gasteiger partial charge in [0.05, 0.1) is 12.3 Å². The summed E-state index contributed by atoms with van der Waals surface area (Å²) in [7, 11) is 0. The van der Waals surface area contributed by atoms with Gasteiger partial charge in [-0.15, -0.1) is 0 Å². The number of hydrazine groups is 1. The van der Waals surface area contributed by atoms with E-state index in [1.165, 1.54) is 6.07 Å². The molecule has 0 fully saturated rings. The van der Waals surface area contributed by atoms with Gasteiger partial charge in [0.1, 0.15) is 11.6 Å². The van der Waals surface area contributed by atoms with Crippen LogP contribution in [0.5, 0.6) is 0 Å². The minimum atomic E-state index is -0.384. The van der Waals surface area contributed by atoms with E-state index < -0.39 is 0 Å². The average Bonchev–Trinajstić information content (AvgIpc) is 2.81. The van der Waals surface area contributed by atoms with Crippen molar-refractivity contribution in [3.63, 3.8) is 0 Å². The molecule has 0 radical (unpaired) electrons. The van der Waals surface area contributed by atoms with Crippen LogP contribution in [-0.2, 0) is 6.42 Å². The Morgan fingerprint density at radius 1 is 1.29 bits per heavy atom. The maximum Gasteiger partial charge on any atom is 0.128 e. The minimum Gasteiger partial charge on any atom is -0.469 e. The number of hydrogen-bond donors (Lipinski definition) is 2. The molecule has 0 spiro atoms. The number of furan rings is 1. The van der Waals surface area contributed by atoms with E-state index in [9.17, 15) is 4.39 Å². The van der Waals surface area contributed by atoms with Crippen LogP contribution in [0, 0.1) is 5.82 Å². The third kappa shape index (κ3) is 2.23. The molecule has 1 unspecified atom stereocenters. The highest BCUT2D eigenvalue weighted by Gasteiger charge is 2.20. The molecule has 0 amide bonds. The molecular formula is C13H15FN2O. The van der Waals surface area contributed by atoms with Crippen LogP contribution < -0.4 is 11.3 Å². The van der Waals surface area contributed by atoms with Gasteiger partial charge in [0, 0.05) is 17.5 Å². The van der Waals surface area contributed by atoms with Crippen LogP contribution in [0.3, 0.4) is 0 Å². The highest BCUT2D eigenvalue weighted by atomic mass is 19.1. The molecule has 0 saturated carbocycles. The zero-order valence-electron chi connectivity index (χ0n) is 9.61. The number of nitrogens with one attached hydrogen (secondary N) is 1. The van der Waals surface area contributed by atoms with E-state index in [0.717, 1.165) is 17.7 Å². The lowest BCUT2D eigenvalue weighted by atomic mass is 9.98. The Bertz CT molecular complexity index is 496. The van der Waals surface area contributed by atoms with Gasteiger partial charge in [-0.25, -0.2) is 9.82 Å². The maximum absolute atomic E-state index is 13.7. The molecule has 0 aliphatic carbocycles. The Balaban J connectivity index is 2.44. The third-order valence-electron chi connectivity index (χ3n) is 2.79. The van der Waals surface area contributed by atoms with E-state index in [1.807, 2.05) is 13.0 Å². The van der Waals surface area contributed by atoms with E-state index >= 15 is 0 Å². The summed E-state index contributed by atoms with van der Waals surface area (Å²) in [6.07, 6.45) is 2.34. The topological polar surface area (TPSA) is 51.2 Å². The summed E-state index contributed by atoms with van der Waals surface area (Å²) in [5.41, 5.74) is 4.03. The molecule has 0 aliphatic rings. The smallest absolute Gasteiger partial charge is 0.128 e. The van der Waals surface area contributed by atoms with Crippen molar-refractivity contribution in [1.29, 1.82) is 0 Å². The van der Waals surface area contributed by atoms with Crippen molar-refractivity contribution in [2.24, 2.45) is 5.84 Å². The second kappa shape index (κ2) is 5.12. The summed E-state index contributed by atoms with van der Waals surface area (Å²) in [5.74, 6) is 6.07. The van der Waals surface area contributed by atoms with Gasteiger partial charge < -0.3 is 4.42 Å². The van der Waals surface area contributed by atoms with Gasteiger partial charge in [0.2, 0.25) is 0 Å². The molecule has 3 N–H and O–H groups in total. The molecule has 1 aromatic heterocycles. The second-order valence-corrected chi connectivity index (χ2v) is 3.77. The summed E-state index contributed by atoms with van der Waals surface area (Å²) in [6, 6.07) is 8.01. The fraction of sp³-hybridized carbons (Fsp3) is 0.231. The number of hydrogen-bond acceptors (Lipinski definition) is 3. The molecule has 17 heavy (non-hydrogen) atoms. The Kier molecular flexibility index (Phi) is 3.56. The van der Waals surface area contributed by atoms with Crippen molar-refractivity contribution in [3.05, 3.63) is 59.3 Å². The number of aryl methyl sites for hydroxylation is 1. The van der Waals surface area contributed by atoms with Crippen molar-refractivity contribution in [2.75, 3.05) is 0 Å². The van der Waals surface area contributed by atoms with Crippen LogP contribution in [-0.4, -0.2) is 0 Å². The second-order valence-electron chi connectivity index (χ2n) is 3.77. The van der Waals surface area contributed by atoms with Crippen LogP contribution in [0.25, 0.3) is 0 Å². The first-order valence-corrected chi connectivity index (χ1v) is 5.54. The summed E-state index contributed by atoms with van der Waals surface area (Å²) in [5, 5.41) is 0. The van der Waals surface area contributed by atoms with E-state index in [2.05, 4.69) is 5.43 Å². The third-order valence-corrected chi connectivity index (χ3v) is 2.79. The van der Waals surface area contributed by atoms with Crippen LogP contribution in [0.1, 0.15) is 29.9 Å². The lowest BCUT2D eigenvalue weighted by Crippen LogP contribution is -2.29. The predicted octanol–water partition coefficient (Wildman–Crippen LogP) is 2.53. The molecular weight excluding hydrogens is 219 g/mol. The van der Waals surface area contributed by atoms with Gasteiger partial charge in [-0.3, -0.25) is 5.84 Å². The summed E-state index contributed by atoms with van der Waals surface area (Å²) < 4.78 is 19.1. The largest absolute Gasteiger partial charge is 0.469 e. The highest BCUT2D eigenvalue weighted by molar-refractivity contribution is 5.33. The van der Waals surface area contributed by atoms with Crippen molar-refractivity contribution in [3.8, 4) is 0 Å². The highest BCUT2D eigenvalue weighted by Crippen LogP contribution is 2.27. The maximum atomic E-state index is 13.7. The predicted molar refractivity (Wildman–Crippen MR) is 63.7 cm³/mol. The summed E-state index contributed by atoms with van der Waals surface area (Å²) in [4.78, 5) is 0. The number of benzene rings is 1. The van der Waals surface area contributed by atoms with Crippen LogP contribution in [0.2, 0.25) is 0 Å². The SMILES string of the molecule is CCc1occc1C(NN)c1ccccc1F. The normalized spacial score (nSPS) is 12.6. The zero-order chi connectivity index (χ0) is 12.3. The van der Waals surface area contributed by atoms with Gasteiger partial charge in [-0.1, -0.05) is 25.1 Å². The van der Waals surface area contributed by atoms with Crippen LogP contribution in [0.15, 0.2) is 41.0 Å². The quantitative estimate of drug-likeness (QED) is 0.631. The first-order valence-electron chi connectivity index (χ1n) is 5.54. The molecule has 1 heterocycles. The van der Waals surface area contributed by atoms with Crippen molar-refractivity contribution >= 4 is 0 Å². The molecule has 3 nitrogen and oxygen atoms in total. The summed E-state index contributed by atoms with van der Waals surface area (Å²) >= 11 is 0. The fourth-order valence-corrected chi connectivity index (χ4v) is 1.95. The van der Waals surface area contributed by atoms with Crippen molar-refractivity contribution in [1.82, 2.24) is 5.43 Å². The number of rotatable bonds is 4. The number of halogens is 1. The van der Waals surface area contributed by atoms with E-state index in [0.29, 0.717) is 5.56 Å². The molecule has 4 heteroatoms. The van der Waals surface area contributed by atoms with Crippen LogP contribution >= 0.6 is 0 Å². The molecule has 0 bridgehead atoms. The van der Waals surface area contributed by atoms with Gasteiger partial charge >= 0.3 is 0 Å². The van der Waals surface area contributed by atoms with Crippen molar-refractivity contribution < 1.29 is 8.81 Å². The molecule has 1 atom stereocenters. The van der Waals surface area contributed by atoms with Crippen molar-refractivity contribution in [2.45, 2.75) is 19.4 Å². The van der Waals surface area contributed by atoms with E-state index in [4.69, 9.17) is 10.3 Å². The molecule has 1 aromatic carbocycles. The average molecular weight is 234 g/mol. The molecule has 2 aromatic rings. The van der Waals surface area contributed by atoms with E-state index in [-0.39, 0.29) is 11.9 Å². The van der Waals surface area contributed by atoms with Gasteiger partial charge in [-0.05, 0) is 12.1 Å². The first-order chi connectivity index (χ1) is 8.27. The molecule has 90 valence electrons. The standard InChI is InChI=1S/C13H15FN2O/c1-2-12-10(7-8-17-12)13(16-15)9-5-3-4-6-11(9)14/h3-8,13,16H,2,15H2,1H3. The Labute approximate surface area is 99.4 Å². The minimum absolute atomic E-state index is 0.279.